The van der Waals surface area contributed by atoms with Gasteiger partial charge in [0.15, 0.2) is 0 Å². The molecule has 2 aromatic rings. The summed E-state index contributed by atoms with van der Waals surface area (Å²) in [5.41, 5.74) is 0.843. The summed E-state index contributed by atoms with van der Waals surface area (Å²) in [7, 11) is 3.04. The van der Waals surface area contributed by atoms with E-state index in [0.717, 1.165) is 4.90 Å². The lowest BCUT2D eigenvalue weighted by atomic mass is 10.2. The van der Waals surface area contributed by atoms with Gasteiger partial charge in [-0.05, 0) is 18.2 Å². The van der Waals surface area contributed by atoms with Crippen molar-refractivity contribution in [3.8, 4) is 0 Å². The molecule has 0 saturated carbocycles. The lowest BCUT2D eigenvalue weighted by molar-refractivity contribution is -0.137. The Kier molecular flexibility index (Phi) is 3.25. The first-order chi connectivity index (χ1) is 8.91. The fourth-order valence-electron chi connectivity index (χ4n) is 2.00. The van der Waals surface area contributed by atoms with Gasteiger partial charge < -0.3 is 14.6 Å². The van der Waals surface area contributed by atoms with Crippen molar-refractivity contribution in [2.45, 2.75) is 0 Å². The number of likely N-dealkylation sites (N-methyl/N-ethyl adjacent to an activating group) is 1. The van der Waals surface area contributed by atoms with E-state index in [9.17, 15) is 14.0 Å². The Balaban J connectivity index is 2.46. The van der Waals surface area contributed by atoms with E-state index >= 15 is 0 Å². The van der Waals surface area contributed by atoms with E-state index in [0.29, 0.717) is 10.9 Å². The van der Waals surface area contributed by atoms with Crippen molar-refractivity contribution >= 4 is 22.8 Å². The normalized spacial score (nSPS) is 10.7. The molecule has 0 atom stereocenters. The summed E-state index contributed by atoms with van der Waals surface area (Å²) in [6, 6.07) is 6.02. The fraction of sp³-hybridized carbons (Fsp3) is 0.231. The number of amides is 1. The second-order valence-electron chi connectivity index (χ2n) is 4.32. The van der Waals surface area contributed by atoms with Crippen LogP contribution in [0.5, 0.6) is 0 Å². The van der Waals surface area contributed by atoms with Crippen molar-refractivity contribution in [2.75, 3.05) is 13.6 Å². The van der Waals surface area contributed by atoms with Crippen molar-refractivity contribution in [2.24, 2.45) is 7.05 Å². The van der Waals surface area contributed by atoms with Gasteiger partial charge in [-0.3, -0.25) is 9.59 Å². The van der Waals surface area contributed by atoms with Gasteiger partial charge in [0.25, 0.3) is 5.91 Å². The Morgan fingerprint density at radius 2 is 2.11 bits per heavy atom. The van der Waals surface area contributed by atoms with Crippen LogP contribution in [0, 0.1) is 5.82 Å². The summed E-state index contributed by atoms with van der Waals surface area (Å²) in [4.78, 5) is 23.8. The first kappa shape index (κ1) is 13.1. The summed E-state index contributed by atoms with van der Waals surface area (Å²) in [5, 5.41) is 9.02. The van der Waals surface area contributed by atoms with Crippen molar-refractivity contribution in [3.63, 3.8) is 0 Å². The lowest BCUT2D eigenvalue weighted by Crippen LogP contribution is -2.33. The first-order valence-corrected chi connectivity index (χ1v) is 5.63. The summed E-state index contributed by atoms with van der Waals surface area (Å²) >= 11 is 0. The molecule has 0 aliphatic rings. The zero-order valence-corrected chi connectivity index (χ0v) is 10.6. The molecule has 0 spiro atoms. The molecular weight excluding hydrogens is 251 g/mol. The topological polar surface area (TPSA) is 62.5 Å². The molecule has 6 heteroatoms. The minimum Gasteiger partial charge on any atom is -0.480 e. The quantitative estimate of drug-likeness (QED) is 0.913. The number of aryl methyl sites for hydroxylation is 1. The molecule has 0 unspecified atom stereocenters. The van der Waals surface area contributed by atoms with Crippen LogP contribution in [0.25, 0.3) is 10.9 Å². The fourth-order valence-corrected chi connectivity index (χ4v) is 2.00. The summed E-state index contributed by atoms with van der Waals surface area (Å²) in [5.74, 6) is -1.96. The van der Waals surface area contributed by atoms with Crippen LogP contribution in [0.1, 0.15) is 10.5 Å². The van der Waals surface area contributed by atoms with Crippen LogP contribution in [0.3, 0.4) is 0 Å². The maximum absolute atomic E-state index is 13.6. The van der Waals surface area contributed by atoms with Crippen molar-refractivity contribution in [3.05, 3.63) is 35.8 Å². The zero-order valence-electron chi connectivity index (χ0n) is 10.6. The SMILES string of the molecule is CN(CC(=O)O)C(=O)c1cc2c(F)cccc2n1C. The third kappa shape index (κ3) is 2.29. The molecule has 1 aromatic heterocycles. The molecule has 1 aromatic carbocycles. The molecule has 1 amide bonds. The monoisotopic (exact) mass is 264 g/mol. The number of hydrogen-bond donors (Lipinski definition) is 1. The predicted octanol–water partition coefficient (Wildman–Crippen LogP) is 1.47. The maximum atomic E-state index is 13.6. The van der Waals surface area contributed by atoms with E-state index in [2.05, 4.69) is 0 Å². The van der Waals surface area contributed by atoms with Crippen LogP contribution >= 0.6 is 0 Å². The molecule has 0 aliphatic carbocycles. The minimum absolute atomic E-state index is 0.254. The highest BCUT2D eigenvalue weighted by molar-refractivity contribution is 5.99. The molecule has 0 radical (unpaired) electrons. The predicted molar refractivity (Wildman–Crippen MR) is 67.5 cm³/mol. The van der Waals surface area contributed by atoms with Gasteiger partial charge in [0, 0.05) is 19.5 Å². The van der Waals surface area contributed by atoms with Crippen LogP contribution in [-0.2, 0) is 11.8 Å². The number of rotatable bonds is 3. The number of fused-ring (bicyclic) bond motifs is 1. The second kappa shape index (κ2) is 4.72. The van der Waals surface area contributed by atoms with Gasteiger partial charge in [-0.25, -0.2) is 4.39 Å². The minimum atomic E-state index is -1.10. The number of hydrogen-bond acceptors (Lipinski definition) is 2. The highest BCUT2D eigenvalue weighted by Crippen LogP contribution is 2.22. The standard InChI is InChI=1S/C13H13FN2O3/c1-15(7-12(17)18)13(19)11-6-8-9(14)4-3-5-10(8)16(11)2/h3-6H,7H2,1-2H3,(H,17,18). The molecule has 19 heavy (non-hydrogen) atoms. The van der Waals surface area contributed by atoms with Gasteiger partial charge in [-0.15, -0.1) is 0 Å². The van der Waals surface area contributed by atoms with E-state index in [1.165, 1.54) is 19.2 Å². The second-order valence-corrected chi connectivity index (χ2v) is 4.32. The number of halogens is 1. The third-order valence-corrected chi connectivity index (χ3v) is 2.97. The van der Waals surface area contributed by atoms with E-state index in [4.69, 9.17) is 5.11 Å². The number of benzene rings is 1. The number of carboxylic acid groups (broad SMARTS) is 1. The van der Waals surface area contributed by atoms with Crippen molar-refractivity contribution < 1.29 is 19.1 Å². The lowest BCUT2D eigenvalue weighted by Gasteiger charge is -2.14. The Labute approximate surface area is 108 Å². The highest BCUT2D eigenvalue weighted by Gasteiger charge is 2.19. The summed E-state index contributed by atoms with van der Waals surface area (Å²) < 4.78 is 15.2. The van der Waals surface area contributed by atoms with Crippen LogP contribution < -0.4 is 0 Å². The number of carboxylic acids is 1. The van der Waals surface area contributed by atoms with E-state index < -0.39 is 24.2 Å². The molecule has 1 heterocycles. The number of carbonyl (C=O) groups is 2. The number of aliphatic carboxylic acids is 1. The Morgan fingerprint density at radius 1 is 1.42 bits per heavy atom. The maximum Gasteiger partial charge on any atom is 0.323 e. The number of aromatic nitrogens is 1. The first-order valence-electron chi connectivity index (χ1n) is 5.63. The van der Waals surface area contributed by atoms with Crippen LogP contribution in [0.2, 0.25) is 0 Å². The molecule has 5 nitrogen and oxygen atoms in total. The van der Waals surface area contributed by atoms with Gasteiger partial charge in [0.2, 0.25) is 0 Å². The highest BCUT2D eigenvalue weighted by atomic mass is 19.1. The molecule has 0 bridgehead atoms. The van der Waals surface area contributed by atoms with Crippen molar-refractivity contribution in [1.82, 2.24) is 9.47 Å². The van der Waals surface area contributed by atoms with Gasteiger partial charge in [0.1, 0.15) is 18.1 Å². The van der Waals surface area contributed by atoms with E-state index in [-0.39, 0.29) is 5.69 Å². The average Bonchev–Trinajstić information content (AvgIpc) is 2.67. The van der Waals surface area contributed by atoms with E-state index in [1.807, 2.05) is 0 Å². The largest absolute Gasteiger partial charge is 0.480 e. The van der Waals surface area contributed by atoms with Gasteiger partial charge >= 0.3 is 5.97 Å². The smallest absolute Gasteiger partial charge is 0.323 e. The van der Waals surface area contributed by atoms with E-state index in [1.54, 1.807) is 23.7 Å². The molecule has 0 saturated heterocycles. The zero-order chi connectivity index (χ0) is 14.2. The number of carbonyl (C=O) groups excluding carboxylic acids is 1. The number of nitrogens with zero attached hydrogens (tertiary/aromatic N) is 2. The van der Waals surface area contributed by atoms with Gasteiger partial charge in [0.05, 0.1) is 5.52 Å². The van der Waals surface area contributed by atoms with Gasteiger partial charge in [-0.2, -0.15) is 0 Å². The third-order valence-electron chi connectivity index (χ3n) is 2.97. The molecule has 100 valence electrons. The van der Waals surface area contributed by atoms with Crippen molar-refractivity contribution in [1.29, 1.82) is 0 Å². The molecule has 0 fully saturated rings. The van der Waals surface area contributed by atoms with Crippen LogP contribution in [-0.4, -0.2) is 40.0 Å². The Hall–Kier alpha value is -2.37. The molecular formula is C13H13FN2O3. The molecule has 1 N–H and O–H groups in total. The summed E-state index contributed by atoms with van der Waals surface area (Å²) in [6.45, 7) is -0.400. The van der Waals surface area contributed by atoms with Crippen LogP contribution in [0.15, 0.2) is 24.3 Å². The Morgan fingerprint density at radius 3 is 2.68 bits per heavy atom. The molecule has 0 aliphatic heterocycles. The average molecular weight is 264 g/mol. The summed E-state index contributed by atoms with van der Waals surface area (Å²) in [6.07, 6.45) is 0. The molecule has 2 rings (SSSR count). The Bertz CT molecular complexity index is 663. The van der Waals surface area contributed by atoms with Crippen LogP contribution in [0.4, 0.5) is 4.39 Å². The van der Waals surface area contributed by atoms with Gasteiger partial charge in [-0.1, -0.05) is 6.07 Å².